The van der Waals surface area contributed by atoms with Crippen molar-refractivity contribution in [1.29, 1.82) is 0 Å². The minimum Gasteiger partial charge on any atom is -0.356 e. The molecule has 0 saturated heterocycles. The zero-order valence-electron chi connectivity index (χ0n) is 13.5. The molecule has 1 aromatic heterocycles. The molecule has 1 aliphatic carbocycles. The van der Waals surface area contributed by atoms with E-state index in [0.29, 0.717) is 0 Å². The Morgan fingerprint density at radius 2 is 2.05 bits per heavy atom. The van der Waals surface area contributed by atoms with Crippen LogP contribution in [0.4, 0.5) is 0 Å². The molecule has 0 spiro atoms. The molecule has 1 heterocycles. The molecule has 1 amide bonds. The van der Waals surface area contributed by atoms with Crippen LogP contribution in [-0.4, -0.2) is 27.6 Å². The van der Waals surface area contributed by atoms with E-state index in [9.17, 15) is 4.79 Å². The molecule has 21 heavy (non-hydrogen) atoms. The van der Waals surface area contributed by atoms with Gasteiger partial charge in [-0.1, -0.05) is 13.8 Å². The highest BCUT2D eigenvalue weighted by molar-refractivity contribution is 5.78. The standard InChI is InChI=1S/C16H28N4O/c1-11(2)13-6-8-14(9-7-13)16(21)17-10-4-5-15-18-12(3)19-20-15/h11,13-14H,4-10H2,1-3H3,(H,17,21)(H,18,19,20). The second kappa shape index (κ2) is 7.57. The van der Waals surface area contributed by atoms with Gasteiger partial charge in [0.2, 0.25) is 5.91 Å². The molecule has 0 aliphatic heterocycles. The maximum absolute atomic E-state index is 12.1. The van der Waals surface area contributed by atoms with E-state index in [0.717, 1.165) is 55.7 Å². The monoisotopic (exact) mass is 292 g/mol. The maximum atomic E-state index is 12.1. The number of nitrogens with one attached hydrogen (secondary N) is 2. The molecule has 0 atom stereocenters. The van der Waals surface area contributed by atoms with Gasteiger partial charge in [-0.15, -0.1) is 0 Å². The predicted octanol–water partition coefficient (Wildman–Crippen LogP) is 2.62. The molecular weight excluding hydrogens is 264 g/mol. The van der Waals surface area contributed by atoms with Gasteiger partial charge >= 0.3 is 0 Å². The minimum atomic E-state index is 0.228. The Kier molecular flexibility index (Phi) is 5.76. The van der Waals surface area contributed by atoms with Crippen molar-refractivity contribution in [1.82, 2.24) is 20.5 Å². The fourth-order valence-electron chi connectivity index (χ4n) is 3.15. The quantitative estimate of drug-likeness (QED) is 0.792. The lowest BCUT2D eigenvalue weighted by molar-refractivity contribution is -0.126. The van der Waals surface area contributed by atoms with Crippen LogP contribution in [0.15, 0.2) is 0 Å². The summed E-state index contributed by atoms with van der Waals surface area (Å²) < 4.78 is 0. The minimum absolute atomic E-state index is 0.228. The number of nitrogens with zero attached hydrogens (tertiary/aromatic N) is 2. The van der Waals surface area contributed by atoms with E-state index in [2.05, 4.69) is 34.3 Å². The van der Waals surface area contributed by atoms with Gasteiger partial charge in [-0.3, -0.25) is 9.89 Å². The van der Waals surface area contributed by atoms with Crippen LogP contribution in [0, 0.1) is 24.7 Å². The fourth-order valence-corrected chi connectivity index (χ4v) is 3.15. The van der Waals surface area contributed by atoms with E-state index in [-0.39, 0.29) is 11.8 Å². The average molecular weight is 292 g/mol. The number of amides is 1. The van der Waals surface area contributed by atoms with Crippen molar-refractivity contribution in [3.8, 4) is 0 Å². The molecule has 118 valence electrons. The largest absolute Gasteiger partial charge is 0.356 e. The smallest absolute Gasteiger partial charge is 0.223 e. The van der Waals surface area contributed by atoms with Gasteiger partial charge in [-0.05, 0) is 50.9 Å². The third kappa shape index (κ3) is 4.83. The zero-order valence-corrected chi connectivity index (χ0v) is 13.5. The molecule has 5 nitrogen and oxygen atoms in total. The van der Waals surface area contributed by atoms with Crippen molar-refractivity contribution in [3.05, 3.63) is 11.6 Å². The Morgan fingerprint density at radius 3 is 2.62 bits per heavy atom. The summed E-state index contributed by atoms with van der Waals surface area (Å²) in [5, 5.41) is 10.0. The van der Waals surface area contributed by atoms with Crippen LogP contribution in [0.3, 0.4) is 0 Å². The Bertz CT molecular complexity index is 447. The van der Waals surface area contributed by atoms with Crippen LogP contribution in [0.25, 0.3) is 0 Å². The number of carbonyl (C=O) groups excluding carboxylic acids is 1. The molecule has 1 saturated carbocycles. The molecule has 0 aromatic carbocycles. The fraction of sp³-hybridized carbons (Fsp3) is 0.812. The lowest BCUT2D eigenvalue weighted by atomic mass is 9.77. The summed E-state index contributed by atoms with van der Waals surface area (Å²) in [6.07, 6.45) is 6.21. The lowest BCUT2D eigenvalue weighted by Crippen LogP contribution is -2.34. The molecule has 0 bridgehead atoms. The topological polar surface area (TPSA) is 70.7 Å². The Hall–Kier alpha value is -1.39. The summed E-state index contributed by atoms with van der Waals surface area (Å²) in [6, 6.07) is 0. The zero-order chi connectivity index (χ0) is 15.2. The van der Waals surface area contributed by atoms with Crippen molar-refractivity contribution >= 4 is 5.91 Å². The van der Waals surface area contributed by atoms with Crippen molar-refractivity contribution in [3.63, 3.8) is 0 Å². The van der Waals surface area contributed by atoms with Gasteiger partial charge in [0.25, 0.3) is 0 Å². The molecular formula is C16H28N4O. The molecule has 1 aromatic rings. The lowest BCUT2D eigenvalue weighted by Gasteiger charge is -2.30. The van der Waals surface area contributed by atoms with Crippen LogP contribution < -0.4 is 5.32 Å². The van der Waals surface area contributed by atoms with E-state index in [1.54, 1.807) is 0 Å². The number of hydrogen-bond donors (Lipinski definition) is 2. The SMILES string of the molecule is Cc1nc(CCCNC(=O)C2CCC(C(C)C)CC2)n[nH]1. The van der Waals surface area contributed by atoms with Gasteiger partial charge in [0.15, 0.2) is 5.82 Å². The Labute approximate surface area is 127 Å². The van der Waals surface area contributed by atoms with Crippen LogP contribution in [0.2, 0.25) is 0 Å². The van der Waals surface area contributed by atoms with Gasteiger partial charge in [0.1, 0.15) is 5.82 Å². The van der Waals surface area contributed by atoms with Crippen LogP contribution in [0.5, 0.6) is 0 Å². The normalized spacial score (nSPS) is 22.5. The first kappa shape index (κ1) is 16.0. The molecule has 1 fully saturated rings. The molecule has 0 unspecified atom stereocenters. The number of aryl methyl sites for hydroxylation is 2. The van der Waals surface area contributed by atoms with Crippen molar-refractivity contribution in [2.45, 2.75) is 59.3 Å². The number of aromatic nitrogens is 3. The van der Waals surface area contributed by atoms with Gasteiger partial charge in [0.05, 0.1) is 0 Å². The van der Waals surface area contributed by atoms with Gasteiger partial charge in [-0.2, -0.15) is 5.10 Å². The van der Waals surface area contributed by atoms with Gasteiger partial charge in [-0.25, -0.2) is 4.98 Å². The average Bonchev–Trinajstić information content (AvgIpc) is 2.89. The van der Waals surface area contributed by atoms with Crippen LogP contribution >= 0.6 is 0 Å². The van der Waals surface area contributed by atoms with Crippen molar-refractivity contribution in [2.75, 3.05) is 6.54 Å². The first-order chi connectivity index (χ1) is 10.1. The summed E-state index contributed by atoms with van der Waals surface area (Å²) in [6.45, 7) is 7.19. The number of hydrogen-bond acceptors (Lipinski definition) is 3. The third-order valence-electron chi connectivity index (χ3n) is 4.61. The van der Waals surface area contributed by atoms with E-state index < -0.39 is 0 Å². The number of rotatable bonds is 6. The van der Waals surface area contributed by atoms with Crippen LogP contribution in [0.1, 0.15) is 57.6 Å². The van der Waals surface area contributed by atoms with Gasteiger partial charge < -0.3 is 5.32 Å². The molecule has 5 heteroatoms. The van der Waals surface area contributed by atoms with Crippen molar-refractivity contribution in [2.24, 2.45) is 17.8 Å². The first-order valence-electron chi connectivity index (χ1n) is 8.22. The summed E-state index contributed by atoms with van der Waals surface area (Å²) in [5.74, 6) is 3.70. The number of carbonyl (C=O) groups is 1. The van der Waals surface area contributed by atoms with Gasteiger partial charge in [0, 0.05) is 18.9 Å². The van der Waals surface area contributed by atoms with E-state index in [1.165, 1.54) is 12.8 Å². The molecule has 0 radical (unpaired) electrons. The number of aromatic amines is 1. The highest BCUT2D eigenvalue weighted by Gasteiger charge is 2.27. The van der Waals surface area contributed by atoms with Crippen molar-refractivity contribution < 1.29 is 4.79 Å². The number of H-pyrrole nitrogens is 1. The summed E-state index contributed by atoms with van der Waals surface area (Å²) in [5.41, 5.74) is 0. The highest BCUT2D eigenvalue weighted by atomic mass is 16.1. The Balaban J connectivity index is 1.62. The second-order valence-corrected chi connectivity index (χ2v) is 6.59. The Morgan fingerprint density at radius 1 is 1.33 bits per heavy atom. The maximum Gasteiger partial charge on any atom is 0.223 e. The van der Waals surface area contributed by atoms with E-state index >= 15 is 0 Å². The molecule has 2 N–H and O–H groups in total. The summed E-state index contributed by atoms with van der Waals surface area (Å²) in [7, 11) is 0. The first-order valence-corrected chi connectivity index (χ1v) is 8.22. The summed E-state index contributed by atoms with van der Waals surface area (Å²) >= 11 is 0. The second-order valence-electron chi connectivity index (χ2n) is 6.59. The molecule has 1 aliphatic rings. The van der Waals surface area contributed by atoms with E-state index in [4.69, 9.17) is 0 Å². The van der Waals surface area contributed by atoms with Crippen LogP contribution in [-0.2, 0) is 11.2 Å². The molecule has 2 rings (SSSR count). The predicted molar refractivity (Wildman–Crippen MR) is 82.7 cm³/mol. The van der Waals surface area contributed by atoms with E-state index in [1.807, 2.05) is 6.92 Å². The highest BCUT2D eigenvalue weighted by Crippen LogP contribution is 2.33. The third-order valence-corrected chi connectivity index (χ3v) is 4.61. The summed E-state index contributed by atoms with van der Waals surface area (Å²) in [4.78, 5) is 16.4.